The first-order chi connectivity index (χ1) is 9.86. The second-order valence-corrected chi connectivity index (χ2v) is 5.98. The lowest BCUT2D eigenvalue weighted by molar-refractivity contribution is -0.697. The van der Waals surface area contributed by atoms with Gasteiger partial charge in [0, 0.05) is 18.6 Å². The average Bonchev–Trinajstić information content (AvgIpc) is 2.50. The maximum absolute atomic E-state index is 2.32. The van der Waals surface area contributed by atoms with Crippen molar-refractivity contribution in [3.05, 3.63) is 30.1 Å². The monoisotopic (exact) mass is 276 g/mol. The lowest BCUT2D eigenvalue weighted by Crippen LogP contribution is -2.32. The largest absolute Gasteiger partial charge is 0.205 e. The zero-order valence-corrected chi connectivity index (χ0v) is 13.7. The van der Waals surface area contributed by atoms with Crippen molar-refractivity contribution >= 4 is 0 Å². The van der Waals surface area contributed by atoms with Crippen molar-refractivity contribution in [1.82, 2.24) is 0 Å². The fourth-order valence-corrected chi connectivity index (χ4v) is 2.65. The number of unbranched alkanes of at least 4 members (excludes halogenated alkanes) is 9. The van der Waals surface area contributed by atoms with Crippen molar-refractivity contribution < 1.29 is 4.57 Å². The van der Waals surface area contributed by atoms with Crippen molar-refractivity contribution in [1.29, 1.82) is 0 Å². The predicted octanol–water partition coefficient (Wildman–Crippen LogP) is 5.46. The molecule has 0 unspecified atom stereocenters. The van der Waals surface area contributed by atoms with E-state index < -0.39 is 0 Å². The molecule has 0 aliphatic heterocycles. The van der Waals surface area contributed by atoms with E-state index in [1.807, 2.05) is 0 Å². The summed E-state index contributed by atoms with van der Waals surface area (Å²) in [5.74, 6) is 0. The minimum Gasteiger partial charge on any atom is -0.205 e. The Balaban J connectivity index is 1.91. The van der Waals surface area contributed by atoms with E-state index >= 15 is 0 Å². The van der Waals surface area contributed by atoms with Crippen LogP contribution in [0.2, 0.25) is 0 Å². The van der Waals surface area contributed by atoms with Gasteiger partial charge in [0.15, 0.2) is 12.4 Å². The van der Waals surface area contributed by atoms with Gasteiger partial charge in [-0.25, -0.2) is 4.57 Å². The molecule has 1 heteroatoms. The second kappa shape index (κ2) is 11.9. The van der Waals surface area contributed by atoms with E-state index in [1.165, 1.54) is 76.3 Å². The zero-order valence-electron chi connectivity index (χ0n) is 13.7. The van der Waals surface area contributed by atoms with E-state index in [0.29, 0.717) is 0 Å². The van der Waals surface area contributed by atoms with Gasteiger partial charge in [-0.1, -0.05) is 65.2 Å². The molecule has 1 aromatic rings. The fraction of sp³-hybridized carbons (Fsp3) is 0.737. The molecule has 0 aliphatic rings. The third kappa shape index (κ3) is 8.35. The molecule has 1 rings (SSSR count). The Kier molecular flexibility index (Phi) is 10.3. The van der Waals surface area contributed by atoms with Gasteiger partial charge < -0.3 is 0 Å². The van der Waals surface area contributed by atoms with Gasteiger partial charge in [0.1, 0.15) is 6.54 Å². The maximum atomic E-state index is 2.32. The molecule has 0 N–H and O–H groups in total. The number of aromatic nitrogens is 1. The predicted molar refractivity (Wildman–Crippen MR) is 87.9 cm³/mol. The van der Waals surface area contributed by atoms with Crippen LogP contribution in [-0.2, 0) is 13.0 Å². The smallest absolute Gasteiger partial charge is 0.169 e. The standard InChI is InChI=1S/C19H34N/c1-3-5-6-7-8-9-10-11-12-13-16-20-17-14-19(4-2)15-18-20/h14-15,17-18H,3-13,16H2,1-2H3/q+1. The van der Waals surface area contributed by atoms with Gasteiger partial charge >= 0.3 is 0 Å². The van der Waals surface area contributed by atoms with Crippen LogP contribution in [0.5, 0.6) is 0 Å². The van der Waals surface area contributed by atoms with E-state index in [0.717, 1.165) is 6.42 Å². The normalized spacial score (nSPS) is 10.9. The summed E-state index contributed by atoms with van der Waals surface area (Å²) in [4.78, 5) is 0. The molecule has 0 atom stereocenters. The Labute approximate surface area is 126 Å². The second-order valence-electron chi connectivity index (χ2n) is 5.98. The molecule has 0 aromatic carbocycles. The average molecular weight is 276 g/mol. The quantitative estimate of drug-likeness (QED) is 0.353. The van der Waals surface area contributed by atoms with Gasteiger partial charge in [-0.05, 0) is 18.4 Å². The van der Waals surface area contributed by atoms with Crippen LogP contribution in [0.15, 0.2) is 24.5 Å². The molecule has 0 fully saturated rings. The summed E-state index contributed by atoms with van der Waals surface area (Å²) in [7, 11) is 0. The van der Waals surface area contributed by atoms with Crippen LogP contribution < -0.4 is 4.57 Å². The van der Waals surface area contributed by atoms with Crippen LogP contribution in [0.25, 0.3) is 0 Å². The number of hydrogen-bond donors (Lipinski definition) is 0. The topological polar surface area (TPSA) is 3.88 Å². The van der Waals surface area contributed by atoms with Gasteiger partial charge in [0.2, 0.25) is 0 Å². The third-order valence-corrected chi connectivity index (χ3v) is 4.14. The first-order valence-electron chi connectivity index (χ1n) is 8.84. The molecule has 0 radical (unpaired) electrons. The minimum atomic E-state index is 1.14. The summed E-state index contributed by atoms with van der Waals surface area (Å²) in [5, 5.41) is 0. The van der Waals surface area contributed by atoms with Crippen LogP contribution in [0.4, 0.5) is 0 Å². The van der Waals surface area contributed by atoms with Crippen LogP contribution >= 0.6 is 0 Å². The van der Waals surface area contributed by atoms with Gasteiger partial charge in [-0.2, -0.15) is 0 Å². The number of pyridine rings is 1. The van der Waals surface area contributed by atoms with E-state index in [-0.39, 0.29) is 0 Å². The molecule has 1 heterocycles. The SMILES string of the molecule is CCCCCCCCCCCC[n+]1ccc(CC)cc1. The summed E-state index contributed by atoms with van der Waals surface area (Å²) in [6.45, 7) is 5.68. The number of hydrogen-bond acceptors (Lipinski definition) is 0. The van der Waals surface area contributed by atoms with E-state index in [4.69, 9.17) is 0 Å². The Morgan fingerprint density at radius 1 is 0.700 bits per heavy atom. The van der Waals surface area contributed by atoms with Crippen LogP contribution in [-0.4, -0.2) is 0 Å². The molecular weight excluding hydrogens is 242 g/mol. The van der Waals surface area contributed by atoms with E-state index in [9.17, 15) is 0 Å². The Bertz CT molecular complexity index is 315. The summed E-state index contributed by atoms with van der Waals surface area (Å²) in [6.07, 6.45) is 19.7. The summed E-state index contributed by atoms with van der Waals surface area (Å²) in [5.41, 5.74) is 1.43. The van der Waals surface area contributed by atoms with Crippen LogP contribution in [0.1, 0.15) is 83.6 Å². The molecule has 20 heavy (non-hydrogen) atoms. The Hall–Kier alpha value is -0.850. The number of rotatable bonds is 12. The molecular formula is C19H34N+. The highest BCUT2D eigenvalue weighted by molar-refractivity contribution is 5.06. The fourth-order valence-electron chi connectivity index (χ4n) is 2.65. The van der Waals surface area contributed by atoms with Gasteiger partial charge in [0.25, 0.3) is 0 Å². The van der Waals surface area contributed by atoms with Crippen LogP contribution in [0.3, 0.4) is 0 Å². The highest BCUT2D eigenvalue weighted by Crippen LogP contribution is 2.10. The van der Waals surface area contributed by atoms with Crippen molar-refractivity contribution in [3.63, 3.8) is 0 Å². The molecule has 1 nitrogen and oxygen atoms in total. The summed E-state index contributed by atoms with van der Waals surface area (Å²) >= 11 is 0. The number of nitrogens with zero attached hydrogens (tertiary/aromatic N) is 1. The lowest BCUT2D eigenvalue weighted by Gasteiger charge is -2.01. The highest BCUT2D eigenvalue weighted by Gasteiger charge is 2.00. The van der Waals surface area contributed by atoms with Crippen molar-refractivity contribution in [2.45, 2.75) is 91.0 Å². The summed E-state index contributed by atoms with van der Waals surface area (Å²) in [6, 6.07) is 4.49. The maximum Gasteiger partial charge on any atom is 0.169 e. The van der Waals surface area contributed by atoms with Crippen molar-refractivity contribution in [2.75, 3.05) is 0 Å². The van der Waals surface area contributed by atoms with Gasteiger partial charge in [-0.3, -0.25) is 0 Å². The van der Waals surface area contributed by atoms with E-state index in [2.05, 4.69) is 42.9 Å². The van der Waals surface area contributed by atoms with Crippen molar-refractivity contribution in [3.8, 4) is 0 Å². The van der Waals surface area contributed by atoms with Crippen molar-refractivity contribution in [2.24, 2.45) is 0 Å². The first kappa shape index (κ1) is 17.2. The molecule has 0 saturated carbocycles. The van der Waals surface area contributed by atoms with Gasteiger partial charge in [0.05, 0.1) is 0 Å². The van der Waals surface area contributed by atoms with E-state index in [1.54, 1.807) is 0 Å². The number of aryl methyl sites for hydroxylation is 2. The van der Waals surface area contributed by atoms with Gasteiger partial charge in [-0.15, -0.1) is 0 Å². The molecule has 0 spiro atoms. The summed E-state index contributed by atoms with van der Waals surface area (Å²) < 4.78 is 2.32. The molecule has 1 aromatic heterocycles. The Morgan fingerprint density at radius 2 is 1.20 bits per heavy atom. The third-order valence-electron chi connectivity index (χ3n) is 4.14. The molecule has 114 valence electrons. The zero-order chi connectivity index (χ0) is 14.5. The molecule has 0 amide bonds. The molecule has 0 saturated heterocycles. The lowest BCUT2D eigenvalue weighted by atomic mass is 10.1. The first-order valence-corrected chi connectivity index (χ1v) is 8.84. The Morgan fingerprint density at radius 3 is 1.70 bits per heavy atom. The minimum absolute atomic E-state index is 1.14. The molecule has 0 aliphatic carbocycles. The van der Waals surface area contributed by atoms with Crippen LogP contribution in [0, 0.1) is 0 Å². The highest BCUT2D eigenvalue weighted by atomic mass is 14.9. The molecule has 0 bridgehead atoms.